The summed E-state index contributed by atoms with van der Waals surface area (Å²) in [5.41, 5.74) is 8.01. The van der Waals surface area contributed by atoms with Crippen molar-refractivity contribution in [1.29, 1.82) is 0 Å². The van der Waals surface area contributed by atoms with E-state index in [0.717, 1.165) is 11.3 Å². The van der Waals surface area contributed by atoms with Crippen molar-refractivity contribution in [2.24, 2.45) is 5.73 Å². The predicted octanol–water partition coefficient (Wildman–Crippen LogP) is 3.79. The molecule has 0 bridgehead atoms. The van der Waals surface area contributed by atoms with Gasteiger partial charge >= 0.3 is 0 Å². The SMILES string of the molecule is Cc1ccc(Sc2ccccc2F)c(CCN)c1. The highest BCUT2D eigenvalue weighted by molar-refractivity contribution is 7.99. The number of rotatable bonds is 4. The molecule has 18 heavy (non-hydrogen) atoms. The number of hydrogen-bond acceptors (Lipinski definition) is 2. The Morgan fingerprint density at radius 2 is 1.89 bits per heavy atom. The molecular weight excluding hydrogens is 245 g/mol. The lowest BCUT2D eigenvalue weighted by molar-refractivity contribution is 0.602. The lowest BCUT2D eigenvalue weighted by Crippen LogP contribution is -2.04. The molecule has 2 aromatic carbocycles. The lowest BCUT2D eigenvalue weighted by Gasteiger charge is -2.10. The molecule has 0 heterocycles. The van der Waals surface area contributed by atoms with Gasteiger partial charge in [-0.3, -0.25) is 0 Å². The molecule has 0 aliphatic heterocycles. The summed E-state index contributed by atoms with van der Waals surface area (Å²) in [6, 6.07) is 13.0. The second-order valence-electron chi connectivity index (χ2n) is 4.18. The minimum absolute atomic E-state index is 0.179. The van der Waals surface area contributed by atoms with Crippen molar-refractivity contribution < 1.29 is 4.39 Å². The molecule has 0 spiro atoms. The van der Waals surface area contributed by atoms with E-state index in [0.29, 0.717) is 11.4 Å². The van der Waals surface area contributed by atoms with Crippen LogP contribution in [0.15, 0.2) is 52.3 Å². The van der Waals surface area contributed by atoms with Gasteiger partial charge in [0.05, 0.1) is 0 Å². The minimum Gasteiger partial charge on any atom is -0.330 e. The Bertz CT molecular complexity index is 540. The molecule has 0 saturated carbocycles. The van der Waals surface area contributed by atoms with Crippen LogP contribution in [-0.4, -0.2) is 6.54 Å². The summed E-state index contributed by atoms with van der Waals surface area (Å²) in [7, 11) is 0. The van der Waals surface area contributed by atoms with Gasteiger partial charge in [-0.2, -0.15) is 0 Å². The van der Waals surface area contributed by atoms with E-state index >= 15 is 0 Å². The zero-order valence-electron chi connectivity index (χ0n) is 10.3. The van der Waals surface area contributed by atoms with Crippen molar-refractivity contribution in [3.8, 4) is 0 Å². The summed E-state index contributed by atoms with van der Waals surface area (Å²) < 4.78 is 13.6. The van der Waals surface area contributed by atoms with Gasteiger partial charge in [0.15, 0.2) is 0 Å². The molecule has 0 amide bonds. The molecule has 2 N–H and O–H groups in total. The van der Waals surface area contributed by atoms with E-state index in [9.17, 15) is 4.39 Å². The highest BCUT2D eigenvalue weighted by Crippen LogP contribution is 2.32. The Morgan fingerprint density at radius 1 is 1.11 bits per heavy atom. The Balaban J connectivity index is 2.31. The van der Waals surface area contributed by atoms with Crippen molar-refractivity contribution in [2.45, 2.75) is 23.1 Å². The summed E-state index contributed by atoms with van der Waals surface area (Å²) in [6.07, 6.45) is 0.818. The molecular formula is C15H16FNS. The lowest BCUT2D eigenvalue weighted by atomic mass is 10.1. The van der Waals surface area contributed by atoms with Crippen LogP contribution in [0, 0.1) is 12.7 Å². The smallest absolute Gasteiger partial charge is 0.137 e. The maximum atomic E-state index is 13.6. The van der Waals surface area contributed by atoms with Gasteiger partial charge in [-0.1, -0.05) is 41.6 Å². The summed E-state index contributed by atoms with van der Waals surface area (Å²) in [4.78, 5) is 1.73. The molecule has 0 saturated heterocycles. The Labute approximate surface area is 111 Å². The highest BCUT2D eigenvalue weighted by atomic mass is 32.2. The van der Waals surface area contributed by atoms with Crippen LogP contribution in [0.1, 0.15) is 11.1 Å². The first-order chi connectivity index (χ1) is 8.70. The second kappa shape index (κ2) is 6.03. The second-order valence-corrected chi connectivity index (χ2v) is 5.27. The van der Waals surface area contributed by atoms with Crippen LogP contribution in [0.3, 0.4) is 0 Å². The fraction of sp³-hybridized carbons (Fsp3) is 0.200. The van der Waals surface area contributed by atoms with Crippen molar-refractivity contribution >= 4 is 11.8 Å². The van der Waals surface area contributed by atoms with Gasteiger partial charge < -0.3 is 5.73 Å². The van der Waals surface area contributed by atoms with Gasteiger partial charge in [0.25, 0.3) is 0 Å². The van der Waals surface area contributed by atoms with Crippen molar-refractivity contribution in [1.82, 2.24) is 0 Å². The standard InChI is InChI=1S/C15H16FNS/c1-11-6-7-14(12(10-11)8-9-17)18-15-5-3-2-4-13(15)16/h2-7,10H,8-9,17H2,1H3. The van der Waals surface area contributed by atoms with Crippen LogP contribution in [0.5, 0.6) is 0 Å². The molecule has 0 radical (unpaired) electrons. The molecule has 3 heteroatoms. The van der Waals surface area contributed by atoms with E-state index in [2.05, 4.69) is 13.0 Å². The van der Waals surface area contributed by atoms with E-state index in [-0.39, 0.29) is 5.82 Å². The molecule has 0 atom stereocenters. The van der Waals surface area contributed by atoms with Gasteiger partial charge in [-0.05, 0) is 43.7 Å². The van der Waals surface area contributed by atoms with E-state index in [4.69, 9.17) is 5.73 Å². The van der Waals surface area contributed by atoms with E-state index in [1.807, 2.05) is 18.2 Å². The maximum Gasteiger partial charge on any atom is 0.137 e. The molecule has 0 fully saturated rings. The quantitative estimate of drug-likeness (QED) is 0.906. The number of halogens is 1. The van der Waals surface area contributed by atoms with E-state index in [1.54, 1.807) is 12.1 Å². The monoisotopic (exact) mass is 261 g/mol. The van der Waals surface area contributed by atoms with Crippen LogP contribution in [-0.2, 0) is 6.42 Å². The fourth-order valence-electron chi connectivity index (χ4n) is 1.80. The van der Waals surface area contributed by atoms with E-state index in [1.165, 1.54) is 29.0 Å². The molecule has 0 aliphatic rings. The molecule has 2 aromatic rings. The number of aryl methyl sites for hydroxylation is 1. The molecule has 0 aliphatic carbocycles. The van der Waals surface area contributed by atoms with Crippen LogP contribution in [0.2, 0.25) is 0 Å². The first-order valence-electron chi connectivity index (χ1n) is 5.92. The largest absolute Gasteiger partial charge is 0.330 e. The first kappa shape index (κ1) is 13.1. The minimum atomic E-state index is -0.179. The molecule has 2 rings (SSSR count). The third kappa shape index (κ3) is 3.12. The van der Waals surface area contributed by atoms with Gasteiger partial charge in [0.1, 0.15) is 5.82 Å². The predicted molar refractivity (Wildman–Crippen MR) is 74.5 cm³/mol. The summed E-state index contributed by atoms with van der Waals surface area (Å²) in [5.74, 6) is -0.179. The zero-order chi connectivity index (χ0) is 13.0. The van der Waals surface area contributed by atoms with Gasteiger partial charge in [-0.25, -0.2) is 4.39 Å². The molecule has 0 unspecified atom stereocenters. The van der Waals surface area contributed by atoms with Gasteiger partial charge in [-0.15, -0.1) is 0 Å². The van der Waals surface area contributed by atoms with Crippen molar-refractivity contribution in [2.75, 3.05) is 6.54 Å². The normalized spacial score (nSPS) is 10.6. The van der Waals surface area contributed by atoms with Gasteiger partial charge in [0, 0.05) is 9.79 Å². The third-order valence-corrected chi connectivity index (χ3v) is 3.86. The summed E-state index contributed by atoms with van der Waals surface area (Å²) >= 11 is 1.46. The Morgan fingerprint density at radius 3 is 2.61 bits per heavy atom. The summed E-state index contributed by atoms with van der Waals surface area (Å²) in [5, 5.41) is 0. The van der Waals surface area contributed by atoms with E-state index < -0.39 is 0 Å². The number of hydrogen-bond donors (Lipinski definition) is 1. The van der Waals surface area contributed by atoms with Gasteiger partial charge in [0.2, 0.25) is 0 Å². The first-order valence-corrected chi connectivity index (χ1v) is 6.74. The Hall–Kier alpha value is -1.32. The molecule has 94 valence electrons. The average molecular weight is 261 g/mol. The third-order valence-electron chi connectivity index (χ3n) is 2.69. The number of nitrogens with two attached hydrogens (primary N) is 1. The molecule has 0 aromatic heterocycles. The zero-order valence-corrected chi connectivity index (χ0v) is 11.1. The van der Waals surface area contributed by atoms with Crippen LogP contribution < -0.4 is 5.73 Å². The highest BCUT2D eigenvalue weighted by Gasteiger charge is 2.07. The maximum absolute atomic E-state index is 13.6. The molecule has 1 nitrogen and oxygen atoms in total. The van der Waals surface area contributed by atoms with Crippen molar-refractivity contribution in [3.63, 3.8) is 0 Å². The van der Waals surface area contributed by atoms with Crippen LogP contribution in [0.25, 0.3) is 0 Å². The van der Waals surface area contributed by atoms with Crippen LogP contribution in [0.4, 0.5) is 4.39 Å². The fourth-order valence-corrected chi connectivity index (χ4v) is 2.78. The summed E-state index contributed by atoms with van der Waals surface area (Å²) in [6.45, 7) is 2.66. The Kier molecular flexibility index (Phi) is 4.39. The average Bonchev–Trinajstić information content (AvgIpc) is 2.35. The number of benzene rings is 2. The van der Waals surface area contributed by atoms with Crippen molar-refractivity contribution in [3.05, 3.63) is 59.4 Å². The van der Waals surface area contributed by atoms with Crippen LogP contribution >= 0.6 is 11.8 Å². The topological polar surface area (TPSA) is 26.0 Å².